The molecule has 1 saturated heterocycles. The quantitative estimate of drug-likeness (QED) is 0.895. The molecule has 1 fully saturated rings. The molecule has 1 aliphatic rings. The van der Waals surface area contributed by atoms with Crippen LogP contribution in [0.5, 0.6) is 0 Å². The number of carbonyl (C=O) groups is 1. The minimum atomic E-state index is 0.210. The molecule has 0 radical (unpaired) electrons. The maximum Gasteiger partial charge on any atom is 0.220 e. The summed E-state index contributed by atoms with van der Waals surface area (Å²) in [5, 5.41) is 3.17. The third kappa shape index (κ3) is 4.97. The van der Waals surface area contributed by atoms with Crippen molar-refractivity contribution in [3.63, 3.8) is 0 Å². The molecular weight excluding hydrogens is 248 g/mol. The van der Waals surface area contributed by atoms with Crippen molar-refractivity contribution in [1.29, 1.82) is 0 Å². The molecule has 2 rings (SSSR count). The van der Waals surface area contributed by atoms with Gasteiger partial charge in [-0.2, -0.15) is 0 Å². The average molecular weight is 274 g/mol. The van der Waals surface area contributed by atoms with Crippen LogP contribution in [-0.4, -0.2) is 29.9 Å². The van der Waals surface area contributed by atoms with Crippen LogP contribution in [0.15, 0.2) is 30.3 Å². The predicted octanol–water partition coefficient (Wildman–Crippen LogP) is 2.81. The Labute approximate surface area is 122 Å². The van der Waals surface area contributed by atoms with E-state index < -0.39 is 0 Å². The summed E-state index contributed by atoms with van der Waals surface area (Å²) in [5.41, 5.74) is 1.37. The van der Waals surface area contributed by atoms with Crippen LogP contribution in [0.4, 0.5) is 0 Å². The zero-order valence-electron chi connectivity index (χ0n) is 12.6. The summed E-state index contributed by atoms with van der Waals surface area (Å²) in [5.74, 6) is 0.648. The number of amides is 1. The standard InChI is InChI=1S/C17H26N2O/c1-14(2)12-17(20)18-16-8-10-19(11-9-16)13-15-6-4-3-5-7-15/h3-7,14,16H,8-13H2,1-2H3,(H,18,20). The van der Waals surface area contributed by atoms with Crippen molar-refractivity contribution in [3.05, 3.63) is 35.9 Å². The topological polar surface area (TPSA) is 32.3 Å². The van der Waals surface area contributed by atoms with Gasteiger partial charge in [0.05, 0.1) is 0 Å². The Morgan fingerprint density at radius 1 is 1.25 bits per heavy atom. The van der Waals surface area contributed by atoms with Crippen molar-refractivity contribution < 1.29 is 4.79 Å². The van der Waals surface area contributed by atoms with Gasteiger partial charge in [-0.05, 0) is 24.3 Å². The maximum absolute atomic E-state index is 11.8. The van der Waals surface area contributed by atoms with Crippen molar-refractivity contribution in [2.24, 2.45) is 5.92 Å². The number of carbonyl (C=O) groups excluding carboxylic acids is 1. The van der Waals surface area contributed by atoms with E-state index in [1.807, 2.05) is 0 Å². The van der Waals surface area contributed by atoms with Gasteiger partial charge in [0.2, 0.25) is 5.91 Å². The van der Waals surface area contributed by atoms with Crippen molar-refractivity contribution in [1.82, 2.24) is 10.2 Å². The van der Waals surface area contributed by atoms with Crippen LogP contribution in [-0.2, 0) is 11.3 Å². The van der Waals surface area contributed by atoms with Gasteiger partial charge in [-0.15, -0.1) is 0 Å². The summed E-state index contributed by atoms with van der Waals surface area (Å²) in [4.78, 5) is 14.2. The van der Waals surface area contributed by atoms with E-state index in [9.17, 15) is 4.79 Å². The number of rotatable bonds is 5. The van der Waals surface area contributed by atoms with Gasteiger partial charge in [-0.3, -0.25) is 9.69 Å². The second-order valence-corrected chi connectivity index (χ2v) is 6.20. The number of hydrogen-bond donors (Lipinski definition) is 1. The largest absolute Gasteiger partial charge is 0.353 e. The Hall–Kier alpha value is -1.35. The Morgan fingerprint density at radius 3 is 2.50 bits per heavy atom. The molecule has 0 aromatic heterocycles. The van der Waals surface area contributed by atoms with E-state index in [4.69, 9.17) is 0 Å². The summed E-state index contributed by atoms with van der Waals surface area (Å²) in [7, 11) is 0. The molecular formula is C17H26N2O. The fraction of sp³-hybridized carbons (Fsp3) is 0.588. The number of nitrogens with one attached hydrogen (secondary N) is 1. The first-order chi connectivity index (χ1) is 9.63. The normalized spacial score (nSPS) is 17.4. The first-order valence-corrected chi connectivity index (χ1v) is 7.69. The molecule has 1 aromatic rings. The highest BCUT2D eigenvalue weighted by Crippen LogP contribution is 2.14. The van der Waals surface area contributed by atoms with Crippen LogP contribution >= 0.6 is 0 Å². The second kappa shape index (κ2) is 7.44. The molecule has 110 valence electrons. The minimum Gasteiger partial charge on any atom is -0.353 e. The van der Waals surface area contributed by atoms with E-state index in [1.165, 1.54) is 5.56 Å². The molecule has 20 heavy (non-hydrogen) atoms. The molecule has 1 aliphatic heterocycles. The molecule has 0 spiro atoms. The van der Waals surface area contributed by atoms with E-state index >= 15 is 0 Å². The lowest BCUT2D eigenvalue weighted by molar-refractivity contribution is -0.122. The number of benzene rings is 1. The van der Waals surface area contributed by atoms with Gasteiger partial charge in [0, 0.05) is 32.1 Å². The number of likely N-dealkylation sites (tertiary alicyclic amines) is 1. The lowest BCUT2D eigenvalue weighted by Crippen LogP contribution is -2.44. The van der Waals surface area contributed by atoms with Gasteiger partial charge in [0.1, 0.15) is 0 Å². The molecule has 1 aromatic carbocycles. The minimum absolute atomic E-state index is 0.210. The highest BCUT2D eigenvalue weighted by atomic mass is 16.1. The van der Waals surface area contributed by atoms with E-state index in [0.29, 0.717) is 18.4 Å². The van der Waals surface area contributed by atoms with Crippen molar-refractivity contribution >= 4 is 5.91 Å². The fourth-order valence-corrected chi connectivity index (χ4v) is 2.73. The van der Waals surface area contributed by atoms with E-state index in [2.05, 4.69) is 54.4 Å². The smallest absolute Gasteiger partial charge is 0.220 e. The average Bonchev–Trinajstić information content (AvgIpc) is 2.41. The predicted molar refractivity (Wildman–Crippen MR) is 82.3 cm³/mol. The summed E-state index contributed by atoms with van der Waals surface area (Å²) < 4.78 is 0. The number of nitrogens with zero attached hydrogens (tertiary/aromatic N) is 1. The summed E-state index contributed by atoms with van der Waals surface area (Å²) in [6.45, 7) is 7.33. The fourth-order valence-electron chi connectivity index (χ4n) is 2.73. The Balaban J connectivity index is 1.71. The first kappa shape index (κ1) is 15.0. The molecule has 0 saturated carbocycles. The van der Waals surface area contributed by atoms with Crippen LogP contribution in [0.2, 0.25) is 0 Å². The molecule has 0 aliphatic carbocycles. The van der Waals surface area contributed by atoms with Crippen molar-refractivity contribution in [2.45, 2.75) is 45.7 Å². The van der Waals surface area contributed by atoms with Gasteiger partial charge in [-0.25, -0.2) is 0 Å². The molecule has 1 amide bonds. The molecule has 0 bridgehead atoms. The van der Waals surface area contributed by atoms with Crippen molar-refractivity contribution in [3.8, 4) is 0 Å². The maximum atomic E-state index is 11.8. The highest BCUT2D eigenvalue weighted by molar-refractivity contribution is 5.76. The summed E-state index contributed by atoms with van der Waals surface area (Å²) >= 11 is 0. The van der Waals surface area contributed by atoms with Crippen LogP contribution < -0.4 is 5.32 Å². The van der Waals surface area contributed by atoms with E-state index in [1.54, 1.807) is 0 Å². The monoisotopic (exact) mass is 274 g/mol. The van der Waals surface area contributed by atoms with E-state index in [-0.39, 0.29) is 5.91 Å². The summed E-state index contributed by atoms with van der Waals surface area (Å²) in [6.07, 6.45) is 2.78. The van der Waals surface area contributed by atoms with Crippen LogP contribution in [0.1, 0.15) is 38.7 Å². The van der Waals surface area contributed by atoms with Gasteiger partial charge in [-0.1, -0.05) is 44.2 Å². The molecule has 0 atom stereocenters. The van der Waals surface area contributed by atoms with Crippen molar-refractivity contribution in [2.75, 3.05) is 13.1 Å². The molecule has 0 unspecified atom stereocenters. The third-order valence-electron chi connectivity index (χ3n) is 3.80. The van der Waals surface area contributed by atoms with E-state index in [0.717, 1.165) is 32.5 Å². The zero-order chi connectivity index (χ0) is 14.4. The number of hydrogen-bond acceptors (Lipinski definition) is 2. The van der Waals surface area contributed by atoms with Crippen LogP contribution in [0.3, 0.4) is 0 Å². The Kier molecular flexibility index (Phi) is 5.60. The highest BCUT2D eigenvalue weighted by Gasteiger charge is 2.20. The summed E-state index contributed by atoms with van der Waals surface area (Å²) in [6, 6.07) is 11.0. The first-order valence-electron chi connectivity index (χ1n) is 7.69. The zero-order valence-corrected chi connectivity index (χ0v) is 12.6. The Bertz CT molecular complexity index is 408. The van der Waals surface area contributed by atoms with Crippen LogP contribution in [0, 0.1) is 5.92 Å². The van der Waals surface area contributed by atoms with Gasteiger partial charge >= 0.3 is 0 Å². The van der Waals surface area contributed by atoms with Crippen LogP contribution in [0.25, 0.3) is 0 Å². The third-order valence-corrected chi connectivity index (χ3v) is 3.80. The van der Waals surface area contributed by atoms with Gasteiger partial charge in [0.15, 0.2) is 0 Å². The second-order valence-electron chi connectivity index (χ2n) is 6.20. The Morgan fingerprint density at radius 2 is 1.90 bits per heavy atom. The molecule has 3 heteroatoms. The van der Waals surface area contributed by atoms with Gasteiger partial charge in [0.25, 0.3) is 0 Å². The molecule has 1 heterocycles. The lowest BCUT2D eigenvalue weighted by atomic mass is 10.0. The van der Waals surface area contributed by atoms with Gasteiger partial charge < -0.3 is 5.32 Å². The number of piperidine rings is 1. The lowest BCUT2D eigenvalue weighted by Gasteiger charge is -2.32. The molecule has 3 nitrogen and oxygen atoms in total. The molecule has 1 N–H and O–H groups in total. The SMILES string of the molecule is CC(C)CC(=O)NC1CCN(Cc2ccccc2)CC1.